The lowest BCUT2D eigenvalue weighted by molar-refractivity contribution is 0.0526. The molecular formula is C14H15NO2S. The number of carbonyl (C=O) groups excluding carboxylic acids is 1. The van der Waals surface area contributed by atoms with Crippen LogP contribution in [0.3, 0.4) is 0 Å². The van der Waals surface area contributed by atoms with E-state index in [2.05, 4.69) is 17.1 Å². The lowest BCUT2D eigenvalue weighted by atomic mass is 10.1. The predicted molar refractivity (Wildman–Crippen MR) is 72.1 cm³/mol. The minimum atomic E-state index is -0.329. The lowest BCUT2D eigenvalue weighted by Crippen LogP contribution is -2.03. The number of ether oxygens (including phenoxy) is 1. The number of hydrogen-bond donors (Lipinski definition) is 0. The summed E-state index contributed by atoms with van der Waals surface area (Å²) in [7, 11) is 0. The molecule has 2 rings (SSSR count). The molecule has 0 bridgehead atoms. The highest BCUT2D eigenvalue weighted by Gasteiger charge is 2.15. The second kappa shape index (κ2) is 5.78. The van der Waals surface area contributed by atoms with E-state index in [1.165, 1.54) is 16.9 Å². The Balaban J connectivity index is 2.17. The van der Waals surface area contributed by atoms with E-state index in [0.717, 1.165) is 17.0 Å². The maximum atomic E-state index is 11.6. The van der Waals surface area contributed by atoms with Crippen LogP contribution in [-0.4, -0.2) is 17.6 Å². The monoisotopic (exact) mass is 261 g/mol. The first-order valence-corrected chi connectivity index (χ1v) is 6.69. The summed E-state index contributed by atoms with van der Waals surface area (Å²) < 4.78 is 4.96. The van der Waals surface area contributed by atoms with Gasteiger partial charge in [0.1, 0.15) is 0 Å². The Morgan fingerprint density at radius 2 is 2.06 bits per heavy atom. The number of aryl methyl sites for hydroxylation is 1. The Kier molecular flexibility index (Phi) is 4.10. The highest BCUT2D eigenvalue weighted by molar-refractivity contribution is 7.13. The van der Waals surface area contributed by atoms with Gasteiger partial charge in [-0.05, 0) is 19.4 Å². The molecule has 0 atom stereocenters. The zero-order chi connectivity index (χ0) is 13.0. The highest BCUT2D eigenvalue weighted by Crippen LogP contribution is 2.22. The summed E-state index contributed by atoms with van der Waals surface area (Å²) >= 11 is 1.42. The number of carbonyl (C=O) groups is 1. The van der Waals surface area contributed by atoms with Gasteiger partial charge in [-0.25, -0.2) is 9.78 Å². The van der Waals surface area contributed by atoms with Gasteiger partial charge in [0, 0.05) is 11.3 Å². The topological polar surface area (TPSA) is 39.2 Å². The minimum Gasteiger partial charge on any atom is -0.461 e. The Hall–Kier alpha value is -1.68. The first-order chi connectivity index (χ1) is 8.70. The predicted octanol–water partition coefficient (Wildman–Crippen LogP) is 3.22. The van der Waals surface area contributed by atoms with Gasteiger partial charge in [-0.3, -0.25) is 0 Å². The molecule has 0 radical (unpaired) electrons. The fourth-order valence-corrected chi connectivity index (χ4v) is 2.64. The number of hydrogen-bond acceptors (Lipinski definition) is 4. The normalized spacial score (nSPS) is 10.3. The molecule has 3 nitrogen and oxygen atoms in total. The fraction of sp³-hybridized carbons (Fsp3) is 0.286. The van der Waals surface area contributed by atoms with E-state index < -0.39 is 0 Å². The van der Waals surface area contributed by atoms with Gasteiger partial charge in [0.05, 0.1) is 12.3 Å². The third-order valence-corrected chi connectivity index (χ3v) is 3.69. The van der Waals surface area contributed by atoms with Gasteiger partial charge >= 0.3 is 5.97 Å². The largest absolute Gasteiger partial charge is 0.461 e. The molecule has 0 spiro atoms. The van der Waals surface area contributed by atoms with Gasteiger partial charge in [0.25, 0.3) is 0 Å². The zero-order valence-corrected chi connectivity index (χ0v) is 11.3. The van der Waals surface area contributed by atoms with Crippen LogP contribution < -0.4 is 0 Å². The van der Waals surface area contributed by atoms with Gasteiger partial charge in [-0.15, -0.1) is 11.3 Å². The quantitative estimate of drug-likeness (QED) is 0.793. The Bertz CT molecular complexity index is 534. The molecule has 1 aromatic carbocycles. The van der Waals surface area contributed by atoms with Crippen LogP contribution in [0.25, 0.3) is 0 Å². The number of aromatic nitrogens is 1. The van der Waals surface area contributed by atoms with Crippen molar-refractivity contribution >= 4 is 17.3 Å². The maximum Gasteiger partial charge on any atom is 0.367 e. The molecule has 94 valence electrons. The standard InChI is InChI=1S/C14H15NO2S/c1-3-17-14(16)13-15-10(2)12(18-13)9-11-7-5-4-6-8-11/h4-8H,3,9H2,1-2H3. The van der Waals surface area contributed by atoms with E-state index in [-0.39, 0.29) is 5.97 Å². The van der Waals surface area contributed by atoms with Gasteiger partial charge in [0.2, 0.25) is 5.01 Å². The van der Waals surface area contributed by atoms with Crippen molar-refractivity contribution in [3.63, 3.8) is 0 Å². The van der Waals surface area contributed by atoms with Gasteiger partial charge < -0.3 is 4.74 Å². The molecule has 0 saturated heterocycles. The number of benzene rings is 1. The molecule has 2 aromatic rings. The molecule has 4 heteroatoms. The number of rotatable bonds is 4. The van der Waals surface area contributed by atoms with Crippen molar-refractivity contribution in [1.29, 1.82) is 0 Å². The van der Waals surface area contributed by atoms with E-state index in [0.29, 0.717) is 11.6 Å². The zero-order valence-electron chi connectivity index (χ0n) is 10.5. The summed E-state index contributed by atoms with van der Waals surface area (Å²) in [4.78, 5) is 17.0. The fourth-order valence-electron chi connectivity index (χ4n) is 1.65. The number of esters is 1. The van der Waals surface area contributed by atoms with E-state index >= 15 is 0 Å². The minimum absolute atomic E-state index is 0.329. The molecule has 1 heterocycles. The van der Waals surface area contributed by atoms with Crippen LogP contribution in [-0.2, 0) is 11.2 Å². The molecule has 18 heavy (non-hydrogen) atoms. The molecule has 0 aliphatic carbocycles. The van der Waals surface area contributed by atoms with Gasteiger partial charge in [-0.1, -0.05) is 30.3 Å². The molecule has 0 N–H and O–H groups in total. The third-order valence-electron chi connectivity index (χ3n) is 2.55. The first-order valence-electron chi connectivity index (χ1n) is 5.88. The SMILES string of the molecule is CCOC(=O)c1nc(C)c(Cc2ccccc2)s1. The van der Waals surface area contributed by atoms with Crippen molar-refractivity contribution in [2.75, 3.05) is 6.61 Å². The van der Waals surface area contributed by atoms with Crippen LogP contribution in [0.4, 0.5) is 0 Å². The van der Waals surface area contributed by atoms with E-state index in [1.807, 2.05) is 25.1 Å². The van der Waals surface area contributed by atoms with Crippen LogP contribution in [0, 0.1) is 6.92 Å². The molecule has 1 aromatic heterocycles. The van der Waals surface area contributed by atoms with Crippen molar-refractivity contribution in [3.8, 4) is 0 Å². The maximum absolute atomic E-state index is 11.6. The average Bonchev–Trinajstić information content (AvgIpc) is 2.73. The van der Waals surface area contributed by atoms with Crippen molar-refractivity contribution in [2.45, 2.75) is 20.3 Å². The van der Waals surface area contributed by atoms with E-state index in [9.17, 15) is 4.79 Å². The van der Waals surface area contributed by atoms with Crippen molar-refractivity contribution in [2.24, 2.45) is 0 Å². The lowest BCUT2D eigenvalue weighted by Gasteiger charge is -1.98. The van der Waals surface area contributed by atoms with Crippen LogP contribution in [0.5, 0.6) is 0 Å². The van der Waals surface area contributed by atoms with Gasteiger partial charge in [-0.2, -0.15) is 0 Å². The number of nitrogens with zero attached hydrogens (tertiary/aromatic N) is 1. The molecular weight excluding hydrogens is 246 g/mol. The molecule has 0 aliphatic heterocycles. The summed E-state index contributed by atoms with van der Waals surface area (Å²) in [5.74, 6) is -0.329. The van der Waals surface area contributed by atoms with Crippen molar-refractivity contribution in [3.05, 3.63) is 51.5 Å². The van der Waals surface area contributed by atoms with E-state index in [4.69, 9.17) is 4.74 Å². The summed E-state index contributed by atoms with van der Waals surface area (Å²) in [5.41, 5.74) is 2.13. The summed E-state index contributed by atoms with van der Waals surface area (Å²) in [6.45, 7) is 4.10. The average molecular weight is 261 g/mol. The Morgan fingerprint density at radius 3 is 2.72 bits per heavy atom. The summed E-state index contributed by atoms with van der Waals surface area (Å²) in [5, 5.41) is 0.445. The van der Waals surface area contributed by atoms with Crippen LogP contribution in [0.2, 0.25) is 0 Å². The number of thiazole rings is 1. The van der Waals surface area contributed by atoms with Crippen LogP contribution in [0.15, 0.2) is 30.3 Å². The highest BCUT2D eigenvalue weighted by atomic mass is 32.1. The smallest absolute Gasteiger partial charge is 0.367 e. The molecule has 0 aliphatic rings. The summed E-state index contributed by atoms with van der Waals surface area (Å²) in [6, 6.07) is 10.2. The van der Waals surface area contributed by atoms with Crippen molar-refractivity contribution in [1.82, 2.24) is 4.98 Å². The molecule has 0 amide bonds. The van der Waals surface area contributed by atoms with Crippen LogP contribution >= 0.6 is 11.3 Å². The second-order valence-corrected chi connectivity index (χ2v) is 4.99. The van der Waals surface area contributed by atoms with Crippen LogP contribution in [0.1, 0.15) is 32.9 Å². The third kappa shape index (κ3) is 2.96. The molecule has 0 fully saturated rings. The summed E-state index contributed by atoms with van der Waals surface area (Å²) in [6.07, 6.45) is 0.809. The Morgan fingerprint density at radius 1 is 1.33 bits per heavy atom. The van der Waals surface area contributed by atoms with Gasteiger partial charge in [0.15, 0.2) is 0 Å². The molecule has 0 unspecified atom stereocenters. The van der Waals surface area contributed by atoms with Crippen molar-refractivity contribution < 1.29 is 9.53 Å². The van der Waals surface area contributed by atoms with E-state index in [1.54, 1.807) is 6.92 Å². The second-order valence-electron chi connectivity index (χ2n) is 3.91. The molecule has 0 saturated carbocycles. The first kappa shape index (κ1) is 12.8. The Labute approximate surface area is 110 Å².